The van der Waals surface area contributed by atoms with Gasteiger partial charge in [-0.2, -0.15) is 4.99 Å². The number of amides is 2. The van der Waals surface area contributed by atoms with E-state index in [9.17, 15) is 24.0 Å². The number of benzene rings is 1. The third-order valence-electron chi connectivity index (χ3n) is 5.34. The van der Waals surface area contributed by atoms with Gasteiger partial charge in [-0.05, 0) is 51.5 Å². The molecule has 0 unspecified atom stereocenters. The number of nitrogens with zero attached hydrogens (tertiary/aromatic N) is 2. The minimum absolute atomic E-state index is 0.0575. The van der Waals surface area contributed by atoms with Crippen LogP contribution < -0.4 is 10.1 Å². The summed E-state index contributed by atoms with van der Waals surface area (Å²) in [6, 6.07) is 5.13. The Bertz CT molecular complexity index is 1520. The lowest BCUT2D eigenvalue weighted by molar-refractivity contribution is -0.115. The van der Waals surface area contributed by atoms with Crippen LogP contribution in [0.5, 0.6) is 0 Å². The van der Waals surface area contributed by atoms with Gasteiger partial charge in [-0.3, -0.25) is 9.59 Å². The van der Waals surface area contributed by atoms with Crippen LogP contribution in [0.25, 0.3) is 10.2 Å². The van der Waals surface area contributed by atoms with Gasteiger partial charge in [0.05, 0.1) is 52.7 Å². The molecule has 14 heteroatoms. The number of fused-ring (bicyclic) bond motifs is 1. The number of rotatable bonds is 11. The SMILES string of the molecule is CCOC(=O)c1ccc2c(c1)sc(=NC(=O)CSCC(=O)Nc1sc(C(=O)OCC)c(C)c1C(=O)OCC)n2C. The van der Waals surface area contributed by atoms with Crippen LogP contribution in [0.15, 0.2) is 23.2 Å². The minimum Gasteiger partial charge on any atom is -0.462 e. The maximum atomic E-state index is 12.6. The second-order valence-corrected chi connectivity index (χ2v) is 11.1. The molecule has 0 spiro atoms. The van der Waals surface area contributed by atoms with E-state index in [2.05, 4.69) is 10.3 Å². The van der Waals surface area contributed by atoms with Crippen molar-refractivity contribution in [1.29, 1.82) is 0 Å². The molecule has 11 nitrogen and oxygen atoms in total. The lowest BCUT2D eigenvalue weighted by atomic mass is 10.1. The van der Waals surface area contributed by atoms with Crippen molar-refractivity contribution in [3.8, 4) is 0 Å². The molecule has 0 aliphatic carbocycles. The van der Waals surface area contributed by atoms with Crippen molar-refractivity contribution in [3.63, 3.8) is 0 Å². The van der Waals surface area contributed by atoms with Crippen LogP contribution >= 0.6 is 34.4 Å². The highest BCUT2D eigenvalue weighted by Crippen LogP contribution is 2.34. The summed E-state index contributed by atoms with van der Waals surface area (Å²) in [6.07, 6.45) is 0. The van der Waals surface area contributed by atoms with Crippen LogP contribution in [0.3, 0.4) is 0 Å². The van der Waals surface area contributed by atoms with Crippen molar-refractivity contribution in [3.05, 3.63) is 44.6 Å². The molecule has 1 N–H and O–H groups in total. The molecule has 0 bridgehead atoms. The number of anilines is 1. The molecule has 3 aromatic rings. The van der Waals surface area contributed by atoms with Crippen LogP contribution in [0.4, 0.5) is 5.00 Å². The van der Waals surface area contributed by atoms with E-state index in [0.717, 1.165) is 33.3 Å². The van der Waals surface area contributed by atoms with Crippen molar-refractivity contribution >= 4 is 79.4 Å². The molecule has 40 heavy (non-hydrogen) atoms. The van der Waals surface area contributed by atoms with Gasteiger partial charge in [-0.1, -0.05) is 11.3 Å². The monoisotopic (exact) mass is 607 g/mol. The van der Waals surface area contributed by atoms with Crippen molar-refractivity contribution in [2.24, 2.45) is 12.0 Å². The zero-order chi connectivity index (χ0) is 29.4. The Kier molecular flexibility index (Phi) is 11.0. The highest BCUT2D eigenvalue weighted by molar-refractivity contribution is 8.00. The quantitative estimate of drug-likeness (QED) is 0.253. The number of ether oxygens (including phenoxy) is 3. The molecule has 0 radical (unpaired) electrons. The zero-order valence-electron chi connectivity index (χ0n) is 22.7. The predicted molar refractivity (Wildman–Crippen MR) is 154 cm³/mol. The van der Waals surface area contributed by atoms with E-state index < -0.39 is 29.7 Å². The Labute approximate surface area is 242 Å². The van der Waals surface area contributed by atoms with Gasteiger partial charge >= 0.3 is 17.9 Å². The number of thiazole rings is 1. The van der Waals surface area contributed by atoms with E-state index in [4.69, 9.17) is 14.2 Å². The zero-order valence-corrected chi connectivity index (χ0v) is 25.1. The molecule has 214 valence electrons. The van der Waals surface area contributed by atoms with Gasteiger partial charge in [0.25, 0.3) is 5.91 Å². The van der Waals surface area contributed by atoms with E-state index in [-0.39, 0.29) is 46.8 Å². The summed E-state index contributed by atoms with van der Waals surface area (Å²) < 4.78 is 17.7. The van der Waals surface area contributed by atoms with Crippen molar-refractivity contribution in [1.82, 2.24) is 4.57 Å². The van der Waals surface area contributed by atoms with Crippen LogP contribution in [0, 0.1) is 6.92 Å². The number of hydrogen-bond acceptors (Lipinski definition) is 11. The summed E-state index contributed by atoms with van der Waals surface area (Å²) >= 11 is 3.25. The largest absolute Gasteiger partial charge is 0.462 e. The number of esters is 3. The fourth-order valence-electron chi connectivity index (χ4n) is 3.56. The highest BCUT2D eigenvalue weighted by Gasteiger charge is 2.27. The van der Waals surface area contributed by atoms with Gasteiger partial charge < -0.3 is 24.1 Å². The van der Waals surface area contributed by atoms with Gasteiger partial charge in [0.1, 0.15) is 9.88 Å². The molecule has 2 aromatic heterocycles. The first kappa shape index (κ1) is 31.0. The Morgan fingerprint density at radius 3 is 2.25 bits per heavy atom. The minimum atomic E-state index is -0.658. The maximum Gasteiger partial charge on any atom is 0.348 e. The molecule has 0 saturated heterocycles. The second kappa shape index (κ2) is 14.2. The molecule has 0 aliphatic rings. The summed E-state index contributed by atoms with van der Waals surface area (Å²) in [5.74, 6) is -2.71. The summed E-state index contributed by atoms with van der Waals surface area (Å²) in [6.45, 7) is 7.21. The lowest BCUT2D eigenvalue weighted by Gasteiger charge is -2.06. The third-order valence-corrected chi connectivity index (χ3v) is 8.54. The first-order valence-corrected chi connectivity index (χ1v) is 15.1. The number of thioether (sulfide) groups is 1. The lowest BCUT2D eigenvalue weighted by Crippen LogP contribution is -2.18. The topological polar surface area (TPSA) is 142 Å². The maximum absolute atomic E-state index is 12.6. The van der Waals surface area contributed by atoms with Gasteiger partial charge in [0.2, 0.25) is 5.91 Å². The van der Waals surface area contributed by atoms with Crippen molar-refractivity contribution in [2.75, 3.05) is 36.6 Å². The number of carbonyl (C=O) groups excluding carboxylic acids is 5. The number of aryl methyl sites for hydroxylation is 1. The van der Waals surface area contributed by atoms with E-state index in [1.54, 1.807) is 57.5 Å². The average molecular weight is 608 g/mol. The van der Waals surface area contributed by atoms with E-state index in [1.165, 1.54) is 11.3 Å². The molecule has 0 saturated carbocycles. The standard InChI is InChI=1S/C26H29N3O8S3/c1-6-35-23(32)15-9-10-16-17(11-15)39-26(29(16)5)28-19(31)13-38-12-18(30)27-22-20(24(33)36-7-2)14(4)21(40-22)25(34)37-8-3/h9-11H,6-8,12-13H2,1-5H3,(H,27,30). The smallest absolute Gasteiger partial charge is 0.348 e. The summed E-state index contributed by atoms with van der Waals surface area (Å²) in [5, 5.41) is 2.83. The molecular formula is C26H29N3O8S3. The van der Waals surface area contributed by atoms with Crippen LogP contribution in [-0.4, -0.2) is 65.6 Å². The molecular weight excluding hydrogens is 579 g/mol. The Balaban J connectivity index is 1.67. The Morgan fingerprint density at radius 2 is 1.57 bits per heavy atom. The van der Waals surface area contributed by atoms with E-state index in [0.29, 0.717) is 15.9 Å². The van der Waals surface area contributed by atoms with Crippen LogP contribution in [0.2, 0.25) is 0 Å². The Hall–Kier alpha value is -3.49. The number of carbonyl (C=O) groups is 5. The fraction of sp³-hybridized carbons (Fsp3) is 0.385. The molecule has 0 atom stereocenters. The van der Waals surface area contributed by atoms with Gasteiger partial charge in [-0.15, -0.1) is 23.1 Å². The fourth-order valence-corrected chi connectivity index (χ4v) is 6.34. The van der Waals surface area contributed by atoms with Gasteiger partial charge in [0.15, 0.2) is 4.80 Å². The predicted octanol–water partition coefficient (Wildman–Crippen LogP) is 3.94. The summed E-state index contributed by atoms with van der Waals surface area (Å²) in [4.78, 5) is 66.8. The molecule has 2 heterocycles. The van der Waals surface area contributed by atoms with Crippen LogP contribution in [-0.2, 0) is 30.8 Å². The summed E-state index contributed by atoms with van der Waals surface area (Å²) in [5.41, 5.74) is 1.69. The molecule has 0 fully saturated rings. The van der Waals surface area contributed by atoms with Gasteiger partial charge in [-0.25, -0.2) is 14.4 Å². The van der Waals surface area contributed by atoms with E-state index >= 15 is 0 Å². The molecule has 0 aliphatic heterocycles. The first-order chi connectivity index (χ1) is 19.1. The number of thiophene rings is 1. The summed E-state index contributed by atoms with van der Waals surface area (Å²) in [7, 11) is 1.77. The normalized spacial score (nSPS) is 11.4. The van der Waals surface area contributed by atoms with Crippen molar-refractivity contribution in [2.45, 2.75) is 27.7 Å². The second-order valence-electron chi connectivity index (χ2n) is 8.09. The van der Waals surface area contributed by atoms with Gasteiger partial charge in [0, 0.05) is 7.05 Å². The Morgan fingerprint density at radius 1 is 0.925 bits per heavy atom. The van der Waals surface area contributed by atoms with E-state index in [1.807, 2.05) is 0 Å². The number of aromatic nitrogens is 1. The highest BCUT2D eigenvalue weighted by atomic mass is 32.2. The molecule has 1 aromatic carbocycles. The van der Waals surface area contributed by atoms with Crippen LogP contribution in [0.1, 0.15) is 56.7 Å². The molecule has 2 amide bonds. The molecule has 3 rings (SSSR count). The third kappa shape index (κ3) is 7.37. The first-order valence-electron chi connectivity index (χ1n) is 12.3. The average Bonchev–Trinajstić information content (AvgIpc) is 3.39. The van der Waals surface area contributed by atoms with Crippen molar-refractivity contribution < 1.29 is 38.2 Å². The number of nitrogens with one attached hydrogen (secondary N) is 1. The number of hydrogen-bond donors (Lipinski definition) is 1.